The number of nitrogens with one attached hydrogen (secondary N) is 3. The maximum atomic E-state index is 12.1. The number of thiazole rings is 1. The second-order valence-corrected chi connectivity index (χ2v) is 6.51. The largest absolute Gasteiger partial charge is 0.361 e. The van der Waals surface area contributed by atoms with Crippen molar-refractivity contribution in [2.24, 2.45) is 0 Å². The standard InChI is InChI=1S/C17H15N5O2S/c23-15(7-11-9-18-14-4-2-1-3-13(11)14)20-21-16(24)8-12-10-22-5-6-25-17(22)19-12/h1-6,9-10,18H,7-8H2,(H,20,23)(H,21,24). The van der Waals surface area contributed by atoms with Crippen molar-refractivity contribution in [1.82, 2.24) is 25.2 Å². The molecular formula is C17H15N5O2S. The smallest absolute Gasteiger partial charge is 0.244 e. The number of imidazole rings is 1. The van der Waals surface area contributed by atoms with Crippen molar-refractivity contribution in [3.05, 3.63) is 59.5 Å². The molecule has 0 aliphatic rings. The molecule has 8 heteroatoms. The molecule has 0 spiro atoms. The molecule has 1 aromatic carbocycles. The molecule has 3 heterocycles. The number of nitrogens with zero attached hydrogens (tertiary/aromatic N) is 2. The lowest BCUT2D eigenvalue weighted by molar-refractivity contribution is -0.128. The molecule has 3 N–H and O–H groups in total. The minimum Gasteiger partial charge on any atom is -0.361 e. The highest BCUT2D eigenvalue weighted by Gasteiger charge is 2.11. The van der Waals surface area contributed by atoms with Crippen LogP contribution < -0.4 is 10.9 Å². The van der Waals surface area contributed by atoms with Crippen LogP contribution in [0, 0.1) is 0 Å². The van der Waals surface area contributed by atoms with Gasteiger partial charge in [-0.25, -0.2) is 4.98 Å². The number of rotatable bonds is 4. The molecule has 0 bridgehead atoms. The third kappa shape index (κ3) is 3.24. The van der Waals surface area contributed by atoms with E-state index in [2.05, 4.69) is 20.8 Å². The van der Waals surface area contributed by atoms with Crippen LogP contribution in [-0.4, -0.2) is 26.2 Å². The third-order valence-electron chi connectivity index (χ3n) is 3.85. The summed E-state index contributed by atoms with van der Waals surface area (Å²) in [7, 11) is 0. The number of hydrazine groups is 1. The van der Waals surface area contributed by atoms with Crippen LogP contribution in [0.5, 0.6) is 0 Å². The quantitative estimate of drug-likeness (QED) is 0.489. The van der Waals surface area contributed by atoms with Crippen molar-refractivity contribution < 1.29 is 9.59 Å². The van der Waals surface area contributed by atoms with E-state index in [1.165, 1.54) is 11.3 Å². The number of H-pyrrole nitrogens is 1. The number of benzene rings is 1. The third-order valence-corrected chi connectivity index (χ3v) is 4.62. The Morgan fingerprint density at radius 3 is 2.80 bits per heavy atom. The summed E-state index contributed by atoms with van der Waals surface area (Å²) >= 11 is 1.50. The van der Waals surface area contributed by atoms with Crippen LogP contribution in [0.15, 0.2) is 48.2 Å². The van der Waals surface area contributed by atoms with Crippen LogP contribution in [0.2, 0.25) is 0 Å². The normalized spacial score (nSPS) is 11.0. The fourth-order valence-corrected chi connectivity index (χ4v) is 3.42. The van der Waals surface area contributed by atoms with Gasteiger partial charge in [0.05, 0.1) is 18.5 Å². The van der Waals surface area contributed by atoms with Gasteiger partial charge in [-0.1, -0.05) is 18.2 Å². The van der Waals surface area contributed by atoms with E-state index in [4.69, 9.17) is 0 Å². The van der Waals surface area contributed by atoms with Gasteiger partial charge < -0.3 is 4.98 Å². The lowest BCUT2D eigenvalue weighted by atomic mass is 10.1. The predicted octanol–water partition coefficient (Wildman–Crippen LogP) is 1.81. The molecule has 0 aliphatic carbocycles. The van der Waals surface area contributed by atoms with E-state index in [0.29, 0.717) is 5.69 Å². The van der Waals surface area contributed by atoms with Gasteiger partial charge in [0.25, 0.3) is 0 Å². The molecule has 4 rings (SSSR count). The van der Waals surface area contributed by atoms with Crippen LogP contribution in [-0.2, 0) is 22.4 Å². The first kappa shape index (κ1) is 15.4. The highest BCUT2D eigenvalue weighted by molar-refractivity contribution is 7.15. The van der Waals surface area contributed by atoms with Crippen molar-refractivity contribution in [3.63, 3.8) is 0 Å². The van der Waals surface area contributed by atoms with Crippen molar-refractivity contribution in [3.8, 4) is 0 Å². The minimum absolute atomic E-state index is 0.113. The number of aromatic amines is 1. The molecule has 0 saturated carbocycles. The molecule has 0 aliphatic heterocycles. The Balaban J connectivity index is 1.32. The van der Waals surface area contributed by atoms with Crippen molar-refractivity contribution in [2.45, 2.75) is 12.8 Å². The molecule has 0 atom stereocenters. The monoisotopic (exact) mass is 353 g/mol. The van der Waals surface area contributed by atoms with Gasteiger partial charge in [0.15, 0.2) is 4.96 Å². The summed E-state index contributed by atoms with van der Waals surface area (Å²) in [6, 6.07) is 7.77. The van der Waals surface area contributed by atoms with Crippen LogP contribution >= 0.6 is 11.3 Å². The van der Waals surface area contributed by atoms with Crippen molar-refractivity contribution in [1.29, 1.82) is 0 Å². The second-order valence-electron chi connectivity index (χ2n) is 5.63. The van der Waals surface area contributed by atoms with E-state index < -0.39 is 0 Å². The van der Waals surface area contributed by atoms with E-state index >= 15 is 0 Å². The van der Waals surface area contributed by atoms with Crippen LogP contribution in [0.3, 0.4) is 0 Å². The molecule has 3 aromatic heterocycles. The van der Waals surface area contributed by atoms with E-state index in [1.54, 1.807) is 6.20 Å². The number of aromatic nitrogens is 3. The van der Waals surface area contributed by atoms with Crippen molar-refractivity contribution >= 4 is 39.0 Å². The summed E-state index contributed by atoms with van der Waals surface area (Å²) in [5.74, 6) is -0.582. The minimum atomic E-state index is -0.307. The predicted molar refractivity (Wildman–Crippen MR) is 95.1 cm³/mol. The Hall–Kier alpha value is -3.13. The zero-order valence-corrected chi connectivity index (χ0v) is 14.0. The Labute approximate surface area is 146 Å². The fraction of sp³-hybridized carbons (Fsp3) is 0.118. The van der Waals surface area contributed by atoms with Gasteiger partial charge in [-0.2, -0.15) is 0 Å². The lowest BCUT2D eigenvalue weighted by Gasteiger charge is -2.06. The summed E-state index contributed by atoms with van der Waals surface area (Å²) in [4.78, 5) is 32.3. The van der Waals surface area contributed by atoms with Gasteiger partial charge in [0.2, 0.25) is 11.8 Å². The van der Waals surface area contributed by atoms with Gasteiger partial charge in [0, 0.05) is 34.9 Å². The number of para-hydroxylation sites is 1. The van der Waals surface area contributed by atoms with E-state index in [9.17, 15) is 9.59 Å². The molecule has 0 saturated heterocycles. The first-order chi connectivity index (χ1) is 12.2. The average Bonchev–Trinajstić information content (AvgIpc) is 3.28. The zero-order valence-electron chi connectivity index (χ0n) is 13.2. The van der Waals surface area contributed by atoms with Gasteiger partial charge in [-0.15, -0.1) is 11.3 Å². The summed E-state index contributed by atoms with van der Waals surface area (Å²) in [6.45, 7) is 0. The number of hydrogen-bond donors (Lipinski definition) is 3. The fourth-order valence-electron chi connectivity index (χ4n) is 2.70. The Kier molecular flexibility index (Phi) is 3.95. The molecule has 25 heavy (non-hydrogen) atoms. The van der Waals surface area contributed by atoms with Crippen molar-refractivity contribution in [2.75, 3.05) is 0 Å². The van der Waals surface area contributed by atoms with Gasteiger partial charge >= 0.3 is 0 Å². The molecule has 0 unspecified atom stereocenters. The second kappa shape index (κ2) is 6.40. The topological polar surface area (TPSA) is 91.3 Å². The van der Waals surface area contributed by atoms with Gasteiger partial charge in [-0.3, -0.25) is 24.8 Å². The molecule has 7 nitrogen and oxygen atoms in total. The molecule has 2 amide bonds. The maximum Gasteiger partial charge on any atom is 0.244 e. The van der Waals surface area contributed by atoms with Gasteiger partial charge in [0.1, 0.15) is 0 Å². The van der Waals surface area contributed by atoms with Crippen LogP contribution in [0.4, 0.5) is 0 Å². The molecule has 126 valence electrons. The number of fused-ring (bicyclic) bond motifs is 2. The molecular weight excluding hydrogens is 338 g/mol. The first-order valence-corrected chi connectivity index (χ1v) is 8.61. The molecule has 4 aromatic rings. The van der Waals surface area contributed by atoms with E-state index in [1.807, 2.05) is 46.4 Å². The molecule has 0 radical (unpaired) electrons. The molecule has 0 fully saturated rings. The highest BCUT2D eigenvalue weighted by atomic mass is 32.1. The Morgan fingerprint density at radius 2 is 1.96 bits per heavy atom. The number of hydrogen-bond acceptors (Lipinski definition) is 4. The summed E-state index contributed by atoms with van der Waals surface area (Å²) in [5, 5.41) is 2.93. The first-order valence-electron chi connectivity index (χ1n) is 7.73. The zero-order chi connectivity index (χ0) is 17.2. The van der Waals surface area contributed by atoms with E-state index in [-0.39, 0.29) is 24.7 Å². The highest BCUT2D eigenvalue weighted by Crippen LogP contribution is 2.17. The Bertz CT molecular complexity index is 1030. The summed E-state index contributed by atoms with van der Waals surface area (Å²) in [6.07, 6.45) is 5.80. The number of amides is 2. The number of carbonyl (C=O) groups is 2. The Morgan fingerprint density at radius 1 is 1.16 bits per heavy atom. The van der Waals surface area contributed by atoms with Crippen LogP contribution in [0.1, 0.15) is 11.3 Å². The maximum absolute atomic E-state index is 12.1. The SMILES string of the molecule is O=C(Cc1cn2ccsc2n1)NNC(=O)Cc1c[nH]c2ccccc12. The lowest BCUT2D eigenvalue weighted by Crippen LogP contribution is -2.43. The van der Waals surface area contributed by atoms with Gasteiger partial charge in [-0.05, 0) is 11.6 Å². The van der Waals surface area contributed by atoms with Crippen LogP contribution in [0.25, 0.3) is 15.9 Å². The van der Waals surface area contributed by atoms with E-state index in [0.717, 1.165) is 21.4 Å². The summed E-state index contributed by atoms with van der Waals surface area (Å²) < 4.78 is 1.86. The number of carbonyl (C=O) groups excluding carboxylic acids is 2. The summed E-state index contributed by atoms with van der Waals surface area (Å²) in [5.41, 5.74) is 7.41. The average molecular weight is 353 g/mol.